The Kier molecular flexibility index (Phi) is 7.23. The van der Waals surface area contributed by atoms with Crippen LogP contribution in [-0.4, -0.2) is 46.2 Å². The Morgan fingerprint density at radius 1 is 1.22 bits per heavy atom. The summed E-state index contributed by atoms with van der Waals surface area (Å²) in [6.45, 7) is 2.47. The summed E-state index contributed by atoms with van der Waals surface area (Å²) in [5.41, 5.74) is 4.31. The monoisotopic (exact) mass is 484 g/mol. The van der Waals surface area contributed by atoms with Crippen LogP contribution in [0.1, 0.15) is 34.1 Å². The maximum absolute atomic E-state index is 13.3. The summed E-state index contributed by atoms with van der Waals surface area (Å²) >= 11 is 0. The maximum Gasteiger partial charge on any atom is 0.340 e. The third-order valence-electron chi connectivity index (χ3n) is 5.97. The number of benzene rings is 2. The number of phenols is 1. The molecule has 4 rings (SSSR count). The number of aromatic hydroxyl groups is 1. The number of carbonyl (C=O) groups is 1. The summed E-state index contributed by atoms with van der Waals surface area (Å²) in [6.07, 6.45) is 3.38. The van der Waals surface area contributed by atoms with Gasteiger partial charge in [0.15, 0.2) is 0 Å². The molecule has 0 fully saturated rings. The molecular formula is C28H28N4O4. The first kappa shape index (κ1) is 24.8. The van der Waals surface area contributed by atoms with Gasteiger partial charge in [0.1, 0.15) is 18.1 Å². The Morgan fingerprint density at radius 2 is 1.97 bits per heavy atom. The molecule has 0 aliphatic rings. The fourth-order valence-electron chi connectivity index (χ4n) is 4.30. The van der Waals surface area contributed by atoms with Gasteiger partial charge in [0, 0.05) is 48.1 Å². The lowest BCUT2D eigenvalue weighted by atomic mass is 9.96. The smallest absolute Gasteiger partial charge is 0.340 e. The van der Waals surface area contributed by atoms with Crippen molar-refractivity contribution in [2.24, 2.45) is 7.05 Å². The van der Waals surface area contributed by atoms with Crippen molar-refractivity contribution in [3.05, 3.63) is 77.2 Å². The summed E-state index contributed by atoms with van der Waals surface area (Å²) in [6, 6.07) is 14.4. The van der Waals surface area contributed by atoms with Crippen LogP contribution in [0.3, 0.4) is 0 Å². The van der Waals surface area contributed by atoms with Crippen molar-refractivity contribution >= 4 is 16.9 Å². The lowest BCUT2D eigenvalue weighted by Gasteiger charge is -2.17. The number of phenolic OH excluding ortho intramolecular Hbond substituents is 1. The Labute approximate surface area is 209 Å². The van der Waals surface area contributed by atoms with E-state index >= 15 is 0 Å². The third-order valence-corrected chi connectivity index (χ3v) is 5.97. The fraction of sp³-hybridized carbons (Fsp3) is 0.250. The van der Waals surface area contributed by atoms with Gasteiger partial charge in [0.05, 0.1) is 35.0 Å². The molecule has 0 bridgehead atoms. The van der Waals surface area contributed by atoms with Gasteiger partial charge in [-0.15, -0.1) is 0 Å². The van der Waals surface area contributed by atoms with Crippen LogP contribution >= 0.6 is 0 Å². The van der Waals surface area contributed by atoms with E-state index in [1.165, 1.54) is 0 Å². The van der Waals surface area contributed by atoms with Gasteiger partial charge in [0.25, 0.3) is 0 Å². The van der Waals surface area contributed by atoms with E-state index in [1.807, 2.05) is 48.8 Å². The number of ether oxygens (including phenoxy) is 2. The fourth-order valence-corrected chi connectivity index (χ4v) is 4.30. The van der Waals surface area contributed by atoms with Crippen molar-refractivity contribution in [1.82, 2.24) is 14.5 Å². The van der Waals surface area contributed by atoms with Gasteiger partial charge in [-0.05, 0) is 57.4 Å². The zero-order valence-electron chi connectivity index (χ0n) is 20.8. The highest BCUT2D eigenvalue weighted by Gasteiger charge is 2.28. The molecule has 0 atom stereocenters. The van der Waals surface area contributed by atoms with Gasteiger partial charge in [-0.25, -0.2) is 4.79 Å². The minimum Gasteiger partial charge on any atom is -0.507 e. The quantitative estimate of drug-likeness (QED) is 0.364. The van der Waals surface area contributed by atoms with E-state index < -0.39 is 5.97 Å². The summed E-state index contributed by atoms with van der Waals surface area (Å²) in [4.78, 5) is 19.4. The van der Waals surface area contributed by atoms with Gasteiger partial charge in [-0.2, -0.15) is 5.26 Å². The molecule has 36 heavy (non-hydrogen) atoms. The van der Waals surface area contributed by atoms with E-state index in [0.717, 1.165) is 11.1 Å². The van der Waals surface area contributed by atoms with E-state index in [1.54, 1.807) is 43.6 Å². The third kappa shape index (κ3) is 4.74. The van der Waals surface area contributed by atoms with Crippen LogP contribution in [0.25, 0.3) is 22.0 Å². The minimum atomic E-state index is -0.477. The van der Waals surface area contributed by atoms with Gasteiger partial charge < -0.3 is 24.0 Å². The number of nitrogens with zero attached hydrogens (tertiary/aromatic N) is 4. The van der Waals surface area contributed by atoms with Crippen molar-refractivity contribution in [3.63, 3.8) is 0 Å². The molecule has 184 valence electrons. The van der Waals surface area contributed by atoms with E-state index in [0.29, 0.717) is 45.6 Å². The van der Waals surface area contributed by atoms with E-state index in [2.05, 4.69) is 11.1 Å². The Bertz CT molecular complexity index is 1440. The van der Waals surface area contributed by atoms with E-state index in [4.69, 9.17) is 14.7 Å². The van der Waals surface area contributed by atoms with Crippen LogP contribution in [0, 0.1) is 11.3 Å². The number of hydrogen-bond acceptors (Lipinski definition) is 7. The number of aryl methyl sites for hydroxylation is 1. The molecule has 0 radical (unpaired) electrons. The molecule has 8 nitrogen and oxygen atoms in total. The molecule has 0 unspecified atom stereocenters. The molecule has 2 heterocycles. The molecule has 0 spiro atoms. The first-order valence-electron chi connectivity index (χ1n) is 11.6. The van der Waals surface area contributed by atoms with Crippen molar-refractivity contribution in [2.45, 2.75) is 20.1 Å². The number of rotatable bonds is 8. The van der Waals surface area contributed by atoms with Crippen molar-refractivity contribution in [2.75, 3.05) is 20.7 Å². The number of pyridine rings is 1. The molecule has 1 N–H and O–H groups in total. The standard InChI is InChI=1S/C28H28N4O4/c1-5-35-28(34)26-24(17-36-20-10-8-18(14-29)9-11-20)32(4)23-13-21(19-7-6-12-30-15-19)27(33)22(25(23)26)16-31(2)3/h6-13,15,33H,5,16-17H2,1-4H3. The first-order valence-corrected chi connectivity index (χ1v) is 11.6. The molecule has 8 heteroatoms. The van der Waals surface area contributed by atoms with Crippen molar-refractivity contribution < 1.29 is 19.4 Å². The zero-order chi connectivity index (χ0) is 25.8. The van der Waals surface area contributed by atoms with Crippen LogP contribution in [0.4, 0.5) is 0 Å². The topological polar surface area (TPSA) is 101 Å². The summed E-state index contributed by atoms with van der Waals surface area (Å²) in [5, 5.41) is 21.1. The average Bonchev–Trinajstić information content (AvgIpc) is 3.16. The Morgan fingerprint density at radius 3 is 2.58 bits per heavy atom. The lowest BCUT2D eigenvalue weighted by Crippen LogP contribution is -2.13. The van der Waals surface area contributed by atoms with Gasteiger partial charge in [0.2, 0.25) is 0 Å². The highest BCUT2D eigenvalue weighted by atomic mass is 16.5. The van der Waals surface area contributed by atoms with Gasteiger partial charge in [-0.1, -0.05) is 6.07 Å². The summed E-state index contributed by atoms with van der Waals surface area (Å²) < 4.78 is 13.4. The molecule has 2 aromatic heterocycles. The first-order chi connectivity index (χ1) is 17.3. The number of nitriles is 1. The van der Waals surface area contributed by atoms with E-state index in [9.17, 15) is 9.90 Å². The maximum atomic E-state index is 13.3. The second-order valence-electron chi connectivity index (χ2n) is 8.65. The zero-order valence-corrected chi connectivity index (χ0v) is 20.8. The predicted molar refractivity (Wildman–Crippen MR) is 137 cm³/mol. The number of aromatic nitrogens is 2. The number of carbonyl (C=O) groups excluding carboxylic acids is 1. The molecule has 0 aliphatic carbocycles. The molecule has 0 saturated carbocycles. The largest absolute Gasteiger partial charge is 0.507 e. The summed E-state index contributed by atoms with van der Waals surface area (Å²) in [7, 11) is 5.68. The second kappa shape index (κ2) is 10.5. The van der Waals surface area contributed by atoms with Crippen molar-refractivity contribution in [1.29, 1.82) is 5.26 Å². The highest BCUT2D eigenvalue weighted by molar-refractivity contribution is 6.09. The molecule has 2 aromatic carbocycles. The number of esters is 1. The number of hydrogen-bond donors (Lipinski definition) is 1. The molecule has 4 aromatic rings. The SMILES string of the molecule is CCOC(=O)c1c(COc2ccc(C#N)cc2)n(C)c2cc(-c3cccnc3)c(O)c(CN(C)C)c12. The van der Waals surface area contributed by atoms with Crippen molar-refractivity contribution in [3.8, 4) is 28.7 Å². The minimum absolute atomic E-state index is 0.0929. The predicted octanol–water partition coefficient (Wildman–Crippen LogP) is 4.63. The molecule has 0 aliphatic heterocycles. The average molecular weight is 485 g/mol. The van der Waals surface area contributed by atoms with Crippen LogP contribution in [0.2, 0.25) is 0 Å². The van der Waals surface area contributed by atoms with Crippen LogP contribution in [0.5, 0.6) is 11.5 Å². The van der Waals surface area contributed by atoms with Gasteiger partial charge >= 0.3 is 5.97 Å². The van der Waals surface area contributed by atoms with Gasteiger partial charge in [-0.3, -0.25) is 4.98 Å². The second-order valence-corrected chi connectivity index (χ2v) is 8.65. The normalized spacial score (nSPS) is 11.0. The van der Waals surface area contributed by atoms with Crippen LogP contribution in [0.15, 0.2) is 54.9 Å². The van der Waals surface area contributed by atoms with E-state index in [-0.39, 0.29) is 19.0 Å². The molecule has 0 amide bonds. The lowest BCUT2D eigenvalue weighted by molar-refractivity contribution is 0.0525. The molecule has 0 saturated heterocycles. The Hall–Kier alpha value is -4.35. The summed E-state index contributed by atoms with van der Waals surface area (Å²) in [5.74, 6) is 0.191. The van der Waals surface area contributed by atoms with Crippen LogP contribution in [-0.2, 0) is 24.9 Å². The number of fused-ring (bicyclic) bond motifs is 1. The van der Waals surface area contributed by atoms with Crippen LogP contribution < -0.4 is 4.74 Å². The highest BCUT2D eigenvalue weighted by Crippen LogP contribution is 2.41. The molecular weight excluding hydrogens is 456 g/mol. The Balaban J connectivity index is 1.93.